The Morgan fingerprint density at radius 1 is 0.976 bits per heavy atom. The van der Waals surface area contributed by atoms with E-state index in [4.69, 9.17) is 10.5 Å². The van der Waals surface area contributed by atoms with Crippen LogP contribution in [0.2, 0.25) is 0 Å². The normalized spacial score (nSPS) is 12.0. The lowest BCUT2D eigenvalue weighted by atomic mass is 10.0. The number of halogens is 5. The topological polar surface area (TPSA) is 129 Å². The number of fused-ring (bicyclic) bond motifs is 1. The Morgan fingerprint density at radius 3 is 2.40 bits per heavy atom. The molecule has 0 bridgehead atoms. The van der Waals surface area contributed by atoms with Crippen molar-refractivity contribution in [3.63, 3.8) is 0 Å². The highest BCUT2D eigenvalue weighted by molar-refractivity contribution is 7.92. The van der Waals surface area contributed by atoms with Crippen LogP contribution in [-0.2, 0) is 16.2 Å². The van der Waals surface area contributed by atoms with Gasteiger partial charge < -0.3 is 10.5 Å². The highest BCUT2D eigenvalue weighted by Gasteiger charge is 2.34. The molecule has 9 nitrogen and oxygen atoms in total. The van der Waals surface area contributed by atoms with Crippen LogP contribution in [0.25, 0.3) is 27.7 Å². The summed E-state index contributed by atoms with van der Waals surface area (Å²) in [6.07, 6.45) is -3.49. The molecule has 0 radical (unpaired) electrons. The van der Waals surface area contributed by atoms with Crippen molar-refractivity contribution >= 4 is 32.6 Å². The van der Waals surface area contributed by atoms with Crippen molar-refractivity contribution in [2.75, 3.05) is 17.6 Å². The van der Waals surface area contributed by atoms with E-state index in [9.17, 15) is 35.2 Å². The summed E-state index contributed by atoms with van der Waals surface area (Å²) in [4.78, 5) is 20.8. The quantitative estimate of drug-likeness (QED) is 0.257. The van der Waals surface area contributed by atoms with Crippen molar-refractivity contribution in [3.8, 4) is 22.7 Å². The molecule has 0 aliphatic carbocycles. The zero-order valence-corrected chi connectivity index (χ0v) is 22.1. The average molecular weight is 604 g/mol. The van der Waals surface area contributed by atoms with Gasteiger partial charge in [0.05, 0.1) is 29.3 Å². The van der Waals surface area contributed by atoms with E-state index < -0.39 is 55.5 Å². The maximum Gasteiger partial charge on any atom is 0.418 e. The number of hydrogen-bond donors (Lipinski definition) is 2. The molecule has 3 aromatic carbocycles. The fourth-order valence-electron chi connectivity index (χ4n) is 4.26. The van der Waals surface area contributed by atoms with Gasteiger partial charge in [-0.1, -0.05) is 18.2 Å². The van der Waals surface area contributed by atoms with Crippen molar-refractivity contribution in [1.29, 1.82) is 0 Å². The molecule has 42 heavy (non-hydrogen) atoms. The zero-order chi connectivity index (χ0) is 30.4. The molecule has 0 amide bonds. The van der Waals surface area contributed by atoms with Crippen molar-refractivity contribution in [2.24, 2.45) is 0 Å². The predicted octanol–water partition coefficient (Wildman–Crippen LogP) is 5.14. The first-order chi connectivity index (χ1) is 19.8. The summed E-state index contributed by atoms with van der Waals surface area (Å²) in [6, 6.07) is 11.9. The van der Waals surface area contributed by atoms with E-state index in [0.29, 0.717) is 16.2 Å². The Kier molecular flexibility index (Phi) is 7.06. The lowest BCUT2D eigenvalue weighted by molar-refractivity contribution is -0.137. The molecule has 0 aliphatic rings. The number of para-hydroxylation sites is 1. The summed E-state index contributed by atoms with van der Waals surface area (Å²) in [5.41, 5.74) is 3.84. The number of anilines is 2. The number of rotatable bonds is 6. The minimum Gasteiger partial charge on any atom is -0.480 e. The third kappa shape index (κ3) is 5.21. The minimum absolute atomic E-state index is 0.0926. The lowest BCUT2D eigenvalue weighted by Crippen LogP contribution is -2.25. The molecule has 5 rings (SSSR count). The number of benzene rings is 3. The summed E-state index contributed by atoms with van der Waals surface area (Å²) in [6.45, 7) is 0. The Morgan fingerprint density at radius 2 is 1.71 bits per heavy atom. The number of ether oxygens (including phenoxy) is 1. The van der Waals surface area contributed by atoms with E-state index in [-0.39, 0.29) is 28.0 Å². The van der Waals surface area contributed by atoms with Crippen LogP contribution in [-0.4, -0.2) is 30.1 Å². The maximum atomic E-state index is 14.2. The molecule has 0 saturated heterocycles. The van der Waals surface area contributed by atoms with Gasteiger partial charge in [-0.2, -0.15) is 13.2 Å². The molecular weight excluding hydrogens is 585 g/mol. The van der Waals surface area contributed by atoms with E-state index in [1.165, 1.54) is 49.7 Å². The van der Waals surface area contributed by atoms with Crippen LogP contribution in [0.4, 0.5) is 33.6 Å². The number of aromatic nitrogens is 3. The van der Waals surface area contributed by atoms with Crippen LogP contribution in [0.1, 0.15) is 5.56 Å². The number of nitrogens with one attached hydrogen (secondary N) is 1. The molecule has 0 spiro atoms. The van der Waals surface area contributed by atoms with E-state index >= 15 is 0 Å². The average Bonchev–Trinajstić information content (AvgIpc) is 2.92. The van der Waals surface area contributed by atoms with Crippen LogP contribution >= 0.6 is 0 Å². The van der Waals surface area contributed by atoms with Crippen molar-refractivity contribution in [3.05, 3.63) is 100 Å². The molecule has 0 aliphatic heterocycles. The summed E-state index contributed by atoms with van der Waals surface area (Å²) in [5.74, 6) is -2.95. The summed E-state index contributed by atoms with van der Waals surface area (Å²) < 4.78 is 102. The van der Waals surface area contributed by atoms with Gasteiger partial charge in [-0.15, -0.1) is 0 Å². The van der Waals surface area contributed by atoms with Crippen molar-refractivity contribution < 1.29 is 35.1 Å². The largest absolute Gasteiger partial charge is 0.480 e. The molecule has 15 heteroatoms. The summed E-state index contributed by atoms with van der Waals surface area (Å²) in [7, 11) is -3.36. The molecule has 3 N–H and O–H groups in total. The minimum atomic E-state index is -4.78. The highest BCUT2D eigenvalue weighted by atomic mass is 32.2. The molecule has 5 aromatic rings. The molecule has 0 atom stereocenters. The molecule has 2 heterocycles. The second kappa shape index (κ2) is 10.4. The zero-order valence-electron chi connectivity index (χ0n) is 21.3. The van der Waals surface area contributed by atoms with Crippen molar-refractivity contribution in [1.82, 2.24) is 14.5 Å². The number of nitrogen functional groups attached to an aromatic ring is 1. The van der Waals surface area contributed by atoms with Gasteiger partial charge in [0, 0.05) is 17.8 Å². The number of alkyl halides is 3. The number of methoxy groups -OCH3 is 1. The van der Waals surface area contributed by atoms with Crippen LogP contribution < -0.4 is 20.8 Å². The van der Waals surface area contributed by atoms with Gasteiger partial charge in [0.25, 0.3) is 15.6 Å². The first-order valence-corrected chi connectivity index (χ1v) is 13.3. The van der Waals surface area contributed by atoms with Gasteiger partial charge >= 0.3 is 6.18 Å². The van der Waals surface area contributed by atoms with Crippen LogP contribution in [0.15, 0.2) is 82.6 Å². The van der Waals surface area contributed by atoms with Crippen LogP contribution in [0.5, 0.6) is 5.88 Å². The smallest absolute Gasteiger partial charge is 0.418 e. The van der Waals surface area contributed by atoms with E-state index in [0.717, 1.165) is 24.3 Å². The maximum absolute atomic E-state index is 14.2. The molecule has 0 fully saturated rings. The van der Waals surface area contributed by atoms with Crippen molar-refractivity contribution in [2.45, 2.75) is 11.1 Å². The second-order valence-corrected chi connectivity index (χ2v) is 10.5. The standard InChI is InChI=1S/C27H18F5N5O4S/c1-41-24-21(36-42(39,40)23-9-7-16(28)12-19(23)29)11-15(13-34-24)14-6-8-20-17(10-14)25(38)37(26(33)35-20)22-5-3-2-4-18(22)27(30,31)32/h2-13,36H,1H3,(H2,33,35). The van der Waals surface area contributed by atoms with Gasteiger partial charge in [-0.05, 0) is 48.0 Å². The highest BCUT2D eigenvalue weighted by Crippen LogP contribution is 2.35. The fourth-order valence-corrected chi connectivity index (χ4v) is 5.37. The molecule has 0 saturated carbocycles. The first-order valence-electron chi connectivity index (χ1n) is 11.8. The van der Waals surface area contributed by atoms with Gasteiger partial charge in [-0.25, -0.2) is 31.7 Å². The lowest BCUT2D eigenvalue weighted by Gasteiger charge is -2.16. The van der Waals surface area contributed by atoms with Gasteiger partial charge in [0.1, 0.15) is 22.2 Å². The van der Waals surface area contributed by atoms with Gasteiger partial charge in [-0.3, -0.25) is 9.52 Å². The monoisotopic (exact) mass is 603 g/mol. The predicted molar refractivity (Wildman–Crippen MR) is 144 cm³/mol. The number of nitrogens with two attached hydrogens (primary N) is 1. The fraction of sp³-hybridized carbons (Fsp3) is 0.0741. The Hall–Kier alpha value is -5.05. The Balaban J connectivity index is 1.62. The number of sulfonamides is 1. The number of nitrogens with zero attached hydrogens (tertiary/aromatic N) is 3. The Labute approximate surface area is 234 Å². The molecule has 2 aromatic heterocycles. The van der Waals surface area contributed by atoms with E-state index in [1.54, 1.807) is 0 Å². The van der Waals surface area contributed by atoms with Gasteiger partial charge in [0.15, 0.2) is 0 Å². The van der Waals surface area contributed by atoms with E-state index in [1.807, 2.05) is 0 Å². The third-order valence-electron chi connectivity index (χ3n) is 6.15. The van der Waals surface area contributed by atoms with Gasteiger partial charge in [0.2, 0.25) is 11.8 Å². The first kappa shape index (κ1) is 28.5. The second-order valence-electron chi connectivity index (χ2n) is 8.82. The van der Waals surface area contributed by atoms with E-state index in [2.05, 4.69) is 14.7 Å². The van der Waals surface area contributed by atoms with Crippen LogP contribution in [0.3, 0.4) is 0 Å². The number of hydrogen-bond acceptors (Lipinski definition) is 7. The molecular formula is C27H18F5N5O4S. The number of pyridine rings is 1. The Bertz CT molecular complexity index is 2030. The summed E-state index contributed by atoms with van der Waals surface area (Å²) in [5, 5.41) is -0.0926. The van der Waals surface area contributed by atoms with Crippen LogP contribution in [0, 0.1) is 11.6 Å². The SMILES string of the molecule is COc1ncc(-c2ccc3nc(N)n(-c4ccccc4C(F)(F)F)c(=O)c3c2)cc1NS(=O)(=O)c1ccc(F)cc1F. The summed E-state index contributed by atoms with van der Waals surface area (Å²) >= 11 is 0. The molecule has 0 unspecified atom stereocenters. The molecule has 216 valence electrons. The third-order valence-corrected chi connectivity index (χ3v) is 7.55.